The standard InChI is InChI=1S/C31H30FN3O5/c1-4-24(35-30(37)31(14-15-31)29(36)34-21-9-7-20(32)8-10-21)19-5-11-22(12-6-19)40-26-13-16-33-25-18-28(39-3)27(38-2)17-23(25)26/h5-13,16-18,24H,4,14-15H2,1-3H3,(H,34,36)(H,35,37)/t24-/m0/s1. The van der Waals surface area contributed by atoms with Crippen LogP contribution in [0.15, 0.2) is 72.9 Å². The predicted octanol–water partition coefficient (Wildman–Crippen LogP) is 6.17. The molecule has 206 valence electrons. The molecule has 0 radical (unpaired) electrons. The largest absolute Gasteiger partial charge is 0.493 e. The second-order valence-electron chi connectivity index (χ2n) is 9.68. The van der Waals surface area contributed by atoms with E-state index in [-0.39, 0.29) is 17.9 Å². The molecule has 0 spiro atoms. The molecule has 9 heteroatoms. The third kappa shape index (κ3) is 5.40. The average molecular weight is 544 g/mol. The lowest BCUT2D eigenvalue weighted by Gasteiger charge is -2.22. The number of aromatic nitrogens is 1. The van der Waals surface area contributed by atoms with E-state index in [0.29, 0.717) is 53.5 Å². The number of anilines is 1. The molecule has 0 unspecified atom stereocenters. The molecular formula is C31H30FN3O5. The van der Waals surface area contributed by atoms with Crippen molar-refractivity contribution in [3.05, 3.63) is 84.3 Å². The highest BCUT2D eigenvalue weighted by molar-refractivity contribution is 6.13. The number of nitrogens with one attached hydrogen (secondary N) is 2. The van der Waals surface area contributed by atoms with E-state index >= 15 is 0 Å². The number of amides is 2. The third-order valence-corrected chi connectivity index (χ3v) is 7.15. The van der Waals surface area contributed by atoms with Gasteiger partial charge in [-0.1, -0.05) is 19.1 Å². The monoisotopic (exact) mass is 543 g/mol. The number of hydrogen-bond donors (Lipinski definition) is 2. The lowest BCUT2D eigenvalue weighted by atomic mass is 10.0. The molecule has 5 rings (SSSR count). The van der Waals surface area contributed by atoms with Crippen LogP contribution in [0.25, 0.3) is 10.9 Å². The number of carbonyl (C=O) groups excluding carboxylic acids is 2. The number of rotatable bonds is 10. The van der Waals surface area contributed by atoms with Gasteiger partial charge in [0, 0.05) is 23.3 Å². The summed E-state index contributed by atoms with van der Waals surface area (Å²) in [4.78, 5) is 30.5. The molecule has 1 saturated carbocycles. The Morgan fingerprint density at radius 1 is 0.925 bits per heavy atom. The van der Waals surface area contributed by atoms with Gasteiger partial charge in [-0.2, -0.15) is 0 Å². The van der Waals surface area contributed by atoms with Crippen molar-refractivity contribution in [3.63, 3.8) is 0 Å². The Balaban J connectivity index is 1.28. The molecule has 1 aromatic heterocycles. The molecule has 1 aliphatic carbocycles. The molecule has 0 bridgehead atoms. The summed E-state index contributed by atoms with van der Waals surface area (Å²) in [7, 11) is 3.15. The molecule has 2 N–H and O–H groups in total. The van der Waals surface area contributed by atoms with Gasteiger partial charge in [0.15, 0.2) is 11.5 Å². The van der Waals surface area contributed by atoms with E-state index in [2.05, 4.69) is 15.6 Å². The van der Waals surface area contributed by atoms with E-state index in [0.717, 1.165) is 10.9 Å². The zero-order chi connectivity index (χ0) is 28.3. The smallest absolute Gasteiger partial charge is 0.240 e. The number of fused-ring (bicyclic) bond motifs is 1. The van der Waals surface area contributed by atoms with Crippen LogP contribution in [0.3, 0.4) is 0 Å². The van der Waals surface area contributed by atoms with Crippen LogP contribution < -0.4 is 24.8 Å². The van der Waals surface area contributed by atoms with Gasteiger partial charge in [0.2, 0.25) is 11.8 Å². The molecular weight excluding hydrogens is 513 g/mol. The van der Waals surface area contributed by atoms with Crippen molar-refractivity contribution in [2.24, 2.45) is 5.41 Å². The van der Waals surface area contributed by atoms with Gasteiger partial charge in [0.25, 0.3) is 0 Å². The van der Waals surface area contributed by atoms with Crippen LogP contribution >= 0.6 is 0 Å². The Bertz CT molecular complexity index is 1540. The maximum atomic E-state index is 13.2. The second-order valence-corrected chi connectivity index (χ2v) is 9.68. The zero-order valence-electron chi connectivity index (χ0n) is 22.5. The van der Waals surface area contributed by atoms with E-state index in [1.165, 1.54) is 24.3 Å². The summed E-state index contributed by atoms with van der Waals surface area (Å²) >= 11 is 0. The minimum absolute atomic E-state index is 0.281. The third-order valence-electron chi connectivity index (χ3n) is 7.15. The first-order chi connectivity index (χ1) is 19.4. The molecule has 2 amide bonds. The normalized spacial score (nSPS) is 14.2. The summed E-state index contributed by atoms with van der Waals surface area (Å²) in [5, 5.41) is 6.56. The van der Waals surface area contributed by atoms with E-state index in [1.54, 1.807) is 32.5 Å². The predicted molar refractivity (Wildman–Crippen MR) is 149 cm³/mol. The number of benzene rings is 3. The van der Waals surface area contributed by atoms with Gasteiger partial charge in [-0.15, -0.1) is 0 Å². The number of methoxy groups -OCH3 is 2. The average Bonchev–Trinajstić information content (AvgIpc) is 3.79. The van der Waals surface area contributed by atoms with E-state index < -0.39 is 11.2 Å². The Morgan fingerprint density at radius 2 is 1.60 bits per heavy atom. The van der Waals surface area contributed by atoms with Crippen LogP contribution in [0.5, 0.6) is 23.0 Å². The number of pyridine rings is 1. The first kappa shape index (κ1) is 26.9. The van der Waals surface area contributed by atoms with Crippen LogP contribution in [0.1, 0.15) is 37.8 Å². The Morgan fingerprint density at radius 3 is 2.23 bits per heavy atom. The van der Waals surface area contributed by atoms with Crippen molar-refractivity contribution < 1.29 is 28.2 Å². The van der Waals surface area contributed by atoms with Crippen LogP contribution in [0.4, 0.5) is 10.1 Å². The van der Waals surface area contributed by atoms with E-state index in [9.17, 15) is 14.0 Å². The molecule has 1 heterocycles. The van der Waals surface area contributed by atoms with Crippen molar-refractivity contribution in [1.82, 2.24) is 10.3 Å². The van der Waals surface area contributed by atoms with Crippen molar-refractivity contribution in [1.29, 1.82) is 0 Å². The number of nitrogens with zero attached hydrogens (tertiary/aromatic N) is 1. The quantitative estimate of drug-likeness (QED) is 0.232. The van der Waals surface area contributed by atoms with Gasteiger partial charge >= 0.3 is 0 Å². The lowest BCUT2D eigenvalue weighted by Crippen LogP contribution is -2.41. The molecule has 1 aliphatic rings. The number of hydrogen-bond acceptors (Lipinski definition) is 6. The van der Waals surface area contributed by atoms with Gasteiger partial charge in [0.05, 0.1) is 25.8 Å². The molecule has 8 nitrogen and oxygen atoms in total. The van der Waals surface area contributed by atoms with Crippen LogP contribution in [-0.4, -0.2) is 31.0 Å². The van der Waals surface area contributed by atoms with Crippen molar-refractivity contribution >= 4 is 28.4 Å². The van der Waals surface area contributed by atoms with Gasteiger partial charge in [-0.25, -0.2) is 4.39 Å². The van der Waals surface area contributed by atoms with Crippen molar-refractivity contribution in [3.8, 4) is 23.0 Å². The molecule has 0 saturated heterocycles. The van der Waals surface area contributed by atoms with E-state index in [1.807, 2.05) is 37.3 Å². The Labute approximate surface area is 231 Å². The number of carbonyl (C=O) groups is 2. The fourth-order valence-corrected chi connectivity index (χ4v) is 4.62. The summed E-state index contributed by atoms with van der Waals surface area (Å²) in [5.41, 5.74) is 0.936. The summed E-state index contributed by atoms with van der Waals surface area (Å²) in [6, 6.07) is 18.1. The summed E-state index contributed by atoms with van der Waals surface area (Å²) in [6.07, 6.45) is 3.23. The first-order valence-corrected chi connectivity index (χ1v) is 13.0. The van der Waals surface area contributed by atoms with Crippen LogP contribution in [-0.2, 0) is 9.59 Å². The second kappa shape index (κ2) is 11.2. The van der Waals surface area contributed by atoms with Gasteiger partial charge < -0.3 is 24.8 Å². The first-order valence-electron chi connectivity index (χ1n) is 13.0. The molecule has 4 aromatic rings. The Kier molecular flexibility index (Phi) is 7.55. The topological polar surface area (TPSA) is 98.8 Å². The minimum atomic E-state index is -1.11. The van der Waals surface area contributed by atoms with Crippen molar-refractivity contribution in [2.45, 2.75) is 32.2 Å². The summed E-state index contributed by atoms with van der Waals surface area (Å²) in [5.74, 6) is 1.29. The van der Waals surface area contributed by atoms with Gasteiger partial charge in [0.1, 0.15) is 22.7 Å². The maximum Gasteiger partial charge on any atom is 0.240 e. The van der Waals surface area contributed by atoms with E-state index in [4.69, 9.17) is 14.2 Å². The maximum absolute atomic E-state index is 13.2. The van der Waals surface area contributed by atoms with Crippen LogP contribution in [0.2, 0.25) is 0 Å². The summed E-state index contributed by atoms with van der Waals surface area (Å²) < 4.78 is 30.2. The fraction of sp³-hybridized carbons (Fsp3) is 0.258. The lowest BCUT2D eigenvalue weighted by molar-refractivity contribution is -0.134. The van der Waals surface area contributed by atoms with Crippen LogP contribution in [0, 0.1) is 11.2 Å². The number of ether oxygens (including phenoxy) is 3. The SMILES string of the molecule is CC[C@H](NC(=O)C1(C(=O)Nc2ccc(F)cc2)CC1)c1ccc(Oc2ccnc3cc(OC)c(OC)cc23)cc1. The minimum Gasteiger partial charge on any atom is -0.493 e. The van der Waals surface area contributed by atoms with Gasteiger partial charge in [-0.3, -0.25) is 14.6 Å². The molecule has 40 heavy (non-hydrogen) atoms. The molecule has 1 atom stereocenters. The highest BCUT2D eigenvalue weighted by Gasteiger charge is 2.56. The highest BCUT2D eigenvalue weighted by atomic mass is 19.1. The van der Waals surface area contributed by atoms with Crippen molar-refractivity contribution in [2.75, 3.05) is 19.5 Å². The Hall–Kier alpha value is -4.66. The summed E-state index contributed by atoms with van der Waals surface area (Å²) in [6.45, 7) is 1.97. The zero-order valence-corrected chi connectivity index (χ0v) is 22.5. The van der Waals surface area contributed by atoms with Gasteiger partial charge in [-0.05, 0) is 73.4 Å². The molecule has 0 aliphatic heterocycles. The molecule has 3 aromatic carbocycles. The highest BCUT2D eigenvalue weighted by Crippen LogP contribution is 2.47. The number of halogens is 1. The molecule has 1 fully saturated rings. The fourth-order valence-electron chi connectivity index (χ4n) is 4.62.